The van der Waals surface area contributed by atoms with Gasteiger partial charge in [0.05, 0.1) is 16.2 Å². The van der Waals surface area contributed by atoms with E-state index in [1.165, 1.54) is 0 Å². The van der Waals surface area contributed by atoms with Crippen molar-refractivity contribution in [2.45, 2.75) is 80.1 Å². The van der Waals surface area contributed by atoms with Gasteiger partial charge < -0.3 is 14.7 Å². The van der Waals surface area contributed by atoms with Crippen LogP contribution in [0.25, 0.3) is 0 Å². The molecule has 4 saturated carbocycles. The molecule has 0 N–H and O–H groups in total. The molecule has 0 spiro atoms. The quantitative estimate of drug-likeness (QED) is 0.559. The number of amides is 3. The first kappa shape index (κ1) is 24.1. The Balaban J connectivity index is 2.11. The molecule has 4 aliphatic carbocycles. The van der Waals surface area contributed by atoms with Crippen molar-refractivity contribution in [3.63, 3.8) is 0 Å². The average Bonchev–Trinajstić information content (AvgIpc) is 2.75. The van der Waals surface area contributed by atoms with Gasteiger partial charge in [-0.25, -0.2) is 0 Å². The molecule has 6 heteroatoms. The Kier molecular flexibility index (Phi) is 6.79. The van der Waals surface area contributed by atoms with Crippen LogP contribution in [0.3, 0.4) is 0 Å². The number of carbonyl (C=O) groups excluding carboxylic acids is 3. The number of rotatable bonds is 9. The molecule has 0 radical (unpaired) electrons. The molecule has 4 aliphatic rings. The molecule has 0 atom stereocenters. The van der Waals surface area contributed by atoms with Crippen molar-refractivity contribution in [2.75, 3.05) is 39.3 Å². The van der Waals surface area contributed by atoms with Gasteiger partial charge in [0.2, 0.25) is 17.7 Å². The van der Waals surface area contributed by atoms with Crippen molar-refractivity contribution >= 4 is 17.7 Å². The smallest absolute Gasteiger partial charge is 0.228 e. The molecular weight excluding hydrogens is 390 g/mol. The third-order valence-electron chi connectivity index (χ3n) is 8.58. The van der Waals surface area contributed by atoms with Gasteiger partial charge in [-0.1, -0.05) is 0 Å². The average molecular weight is 434 g/mol. The molecule has 0 aromatic carbocycles. The minimum Gasteiger partial charge on any atom is -0.343 e. The summed E-state index contributed by atoms with van der Waals surface area (Å²) in [5.41, 5.74) is -1.72. The van der Waals surface area contributed by atoms with E-state index in [0.29, 0.717) is 58.5 Å². The molecule has 0 unspecified atom stereocenters. The SMILES string of the molecule is CCN(CC)C(=O)C12CC3CC(C(=O)N(CC)CC)(C1)CC(C(=O)N(CC)CC)(C3)C2. The van der Waals surface area contributed by atoms with E-state index in [2.05, 4.69) is 0 Å². The second kappa shape index (κ2) is 8.74. The van der Waals surface area contributed by atoms with Crippen molar-refractivity contribution < 1.29 is 14.4 Å². The predicted octanol–water partition coefficient (Wildman–Crippen LogP) is 3.55. The van der Waals surface area contributed by atoms with Crippen molar-refractivity contribution in [2.24, 2.45) is 22.2 Å². The van der Waals surface area contributed by atoms with Crippen LogP contribution in [0, 0.1) is 22.2 Å². The van der Waals surface area contributed by atoms with E-state index in [-0.39, 0.29) is 23.6 Å². The van der Waals surface area contributed by atoms with Crippen LogP contribution in [0.2, 0.25) is 0 Å². The Hall–Kier alpha value is -1.59. The molecular formula is C25H43N3O3. The highest BCUT2D eigenvalue weighted by Gasteiger charge is 2.70. The van der Waals surface area contributed by atoms with E-state index in [4.69, 9.17) is 0 Å². The molecule has 0 heterocycles. The second-order valence-corrected chi connectivity index (χ2v) is 10.3. The maximum atomic E-state index is 13.9. The molecule has 6 nitrogen and oxygen atoms in total. The van der Waals surface area contributed by atoms with Gasteiger partial charge in [0.1, 0.15) is 0 Å². The molecule has 0 aromatic rings. The van der Waals surface area contributed by atoms with Crippen molar-refractivity contribution in [3.8, 4) is 0 Å². The fourth-order valence-electron chi connectivity index (χ4n) is 7.69. The van der Waals surface area contributed by atoms with E-state index in [0.717, 1.165) is 19.3 Å². The summed E-state index contributed by atoms with van der Waals surface area (Å²) in [4.78, 5) is 47.4. The topological polar surface area (TPSA) is 60.9 Å². The van der Waals surface area contributed by atoms with Crippen LogP contribution in [0.15, 0.2) is 0 Å². The number of hydrogen-bond donors (Lipinski definition) is 0. The zero-order valence-corrected chi connectivity index (χ0v) is 20.6. The molecule has 0 saturated heterocycles. The number of nitrogens with zero attached hydrogens (tertiary/aromatic N) is 3. The molecule has 0 aromatic heterocycles. The van der Waals surface area contributed by atoms with Gasteiger partial charge in [0.15, 0.2) is 0 Å². The monoisotopic (exact) mass is 433 g/mol. The minimum atomic E-state index is -0.572. The minimum absolute atomic E-state index is 0.176. The first-order valence-corrected chi connectivity index (χ1v) is 12.6. The zero-order valence-electron chi connectivity index (χ0n) is 20.6. The summed E-state index contributed by atoms with van der Waals surface area (Å²) in [6.45, 7) is 16.2. The predicted molar refractivity (Wildman–Crippen MR) is 122 cm³/mol. The molecule has 0 aliphatic heterocycles. The van der Waals surface area contributed by atoms with Crippen LogP contribution in [0.5, 0.6) is 0 Å². The maximum Gasteiger partial charge on any atom is 0.228 e. The fourth-order valence-corrected chi connectivity index (χ4v) is 7.69. The van der Waals surface area contributed by atoms with Gasteiger partial charge in [-0.3, -0.25) is 14.4 Å². The maximum absolute atomic E-state index is 13.9. The lowest BCUT2D eigenvalue weighted by Gasteiger charge is -2.65. The lowest BCUT2D eigenvalue weighted by molar-refractivity contribution is -0.200. The Morgan fingerprint density at radius 2 is 0.774 bits per heavy atom. The Morgan fingerprint density at radius 3 is 0.968 bits per heavy atom. The van der Waals surface area contributed by atoms with E-state index >= 15 is 0 Å². The molecule has 176 valence electrons. The van der Waals surface area contributed by atoms with Crippen molar-refractivity contribution in [3.05, 3.63) is 0 Å². The van der Waals surface area contributed by atoms with Gasteiger partial charge in [-0.05, 0) is 86.0 Å². The van der Waals surface area contributed by atoms with Crippen LogP contribution >= 0.6 is 0 Å². The van der Waals surface area contributed by atoms with Crippen LogP contribution in [0.4, 0.5) is 0 Å². The Labute approximate surface area is 188 Å². The molecule has 3 amide bonds. The summed E-state index contributed by atoms with van der Waals surface area (Å²) < 4.78 is 0. The van der Waals surface area contributed by atoms with Crippen molar-refractivity contribution in [1.82, 2.24) is 14.7 Å². The van der Waals surface area contributed by atoms with Crippen LogP contribution in [0.1, 0.15) is 80.1 Å². The van der Waals surface area contributed by atoms with E-state index < -0.39 is 16.2 Å². The summed E-state index contributed by atoms with van der Waals surface area (Å²) in [6.07, 6.45) is 4.37. The number of hydrogen-bond acceptors (Lipinski definition) is 3. The largest absolute Gasteiger partial charge is 0.343 e. The number of carbonyl (C=O) groups is 3. The highest BCUT2D eigenvalue weighted by Crippen LogP contribution is 2.71. The molecule has 4 fully saturated rings. The highest BCUT2D eigenvalue weighted by molar-refractivity contribution is 5.92. The van der Waals surface area contributed by atoms with E-state index in [1.54, 1.807) is 0 Å². The van der Waals surface area contributed by atoms with E-state index in [1.807, 2.05) is 56.2 Å². The normalized spacial score (nSPS) is 33.3. The fraction of sp³-hybridized carbons (Fsp3) is 0.880. The van der Waals surface area contributed by atoms with Gasteiger partial charge >= 0.3 is 0 Å². The van der Waals surface area contributed by atoms with Gasteiger partial charge in [-0.15, -0.1) is 0 Å². The lowest BCUT2D eigenvalue weighted by atomic mass is 9.38. The summed E-state index contributed by atoms with van der Waals surface area (Å²) in [5, 5.41) is 0. The summed E-state index contributed by atoms with van der Waals surface area (Å²) in [6, 6.07) is 0. The van der Waals surface area contributed by atoms with Gasteiger partial charge in [-0.2, -0.15) is 0 Å². The first-order valence-electron chi connectivity index (χ1n) is 12.6. The van der Waals surface area contributed by atoms with Crippen LogP contribution < -0.4 is 0 Å². The van der Waals surface area contributed by atoms with E-state index in [9.17, 15) is 14.4 Å². The second-order valence-electron chi connectivity index (χ2n) is 10.3. The summed E-state index contributed by atoms with van der Waals surface area (Å²) >= 11 is 0. The first-order chi connectivity index (χ1) is 14.7. The zero-order chi connectivity index (χ0) is 23.0. The van der Waals surface area contributed by atoms with Crippen LogP contribution in [-0.2, 0) is 14.4 Å². The molecule has 4 bridgehead atoms. The highest BCUT2D eigenvalue weighted by atomic mass is 16.2. The van der Waals surface area contributed by atoms with Gasteiger partial charge in [0, 0.05) is 39.3 Å². The third-order valence-corrected chi connectivity index (χ3v) is 8.58. The molecule has 4 rings (SSSR count). The van der Waals surface area contributed by atoms with Crippen LogP contribution in [-0.4, -0.2) is 71.7 Å². The summed E-state index contributed by atoms with van der Waals surface area (Å²) in [7, 11) is 0. The van der Waals surface area contributed by atoms with Gasteiger partial charge in [0.25, 0.3) is 0 Å². The third kappa shape index (κ3) is 3.68. The summed E-state index contributed by atoms with van der Waals surface area (Å²) in [5.74, 6) is 0.801. The molecule has 31 heavy (non-hydrogen) atoms. The Bertz CT molecular complexity index is 606. The Morgan fingerprint density at radius 1 is 0.548 bits per heavy atom. The van der Waals surface area contributed by atoms with Crippen molar-refractivity contribution in [1.29, 1.82) is 0 Å². The standard InChI is InChI=1S/C25H43N3O3/c1-7-26(8-2)20(29)23-13-19-14-24(16-23,21(30)27(9-3)10-4)18-25(15-19,17-23)22(31)28(11-5)12-6/h19H,7-18H2,1-6H3. The lowest BCUT2D eigenvalue weighted by Crippen LogP contribution is -2.67.